The Labute approximate surface area is 141 Å². The van der Waals surface area contributed by atoms with Crippen LogP contribution >= 0.6 is 11.3 Å². The van der Waals surface area contributed by atoms with Gasteiger partial charge in [0.05, 0.1) is 18.8 Å². The predicted octanol–water partition coefficient (Wildman–Crippen LogP) is 2.81. The number of hydrogen-bond donors (Lipinski definition) is 2. The number of aryl methyl sites for hydroxylation is 3. The van der Waals surface area contributed by atoms with Gasteiger partial charge in [0.1, 0.15) is 17.4 Å². The van der Waals surface area contributed by atoms with Crippen LogP contribution in [0.25, 0.3) is 0 Å². The second-order valence-electron chi connectivity index (χ2n) is 5.27. The van der Waals surface area contributed by atoms with E-state index in [1.807, 2.05) is 25.1 Å². The zero-order chi connectivity index (χ0) is 16.7. The monoisotopic (exact) mass is 332 g/mol. The van der Waals surface area contributed by atoms with Crippen molar-refractivity contribution < 1.29 is 4.74 Å². The molecule has 124 valence electrons. The Morgan fingerprint density at radius 3 is 2.74 bits per heavy atom. The van der Waals surface area contributed by atoms with Crippen LogP contribution in [0.1, 0.15) is 21.1 Å². The smallest absolute Gasteiger partial charge is 0.191 e. The van der Waals surface area contributed by atoms with Gasteiger partial charge in [0.2, 0.25) is 0 Å². The molecule has 1 aromatic carbocycles. The van der Waals surface area contributed by atoms with Crippen LogP contribution in [0.4, 0.5) is 0 Å². The van der Waals surface area contributed by atoms with Crippen LogP contribution in [0.5, 0.6) is 5.75 Å². The largest absolute Gasteiger partial charge is 0.492 e. The zero-order valence-electron chi connectivity index (χ0n) is 14.1. The fraction of sp³-hybridized carbons (Fsp3) is 0.412. The summed E-state index contributed by atoms with van der Waals surface area (Å²) in [6.07, 6.45) is 0. The number of hydrogen-bond acceptors (Lipinski definition) is 4. The van der Waals surface area contributed by atoms with Gasteiger partial charge in [-0.15, -0.1) is 11.3 Å². The molecule has 23 heavy (non-hydrogen) atoms. The van der Waals surface area contributed by atoms with Crippen molar-refractivity contribution in [3.63, 3.8) is 0 Å². The third-order valence-corrected chi connectivity index (χ3v) is 4.43. The van der Waals surface area contributed by atoms with Gasteiger partial charge in [-0.1, -0.05) is 12.1 Å². The summed E-state index contributed by atoms with van der Waals surface area (Å²) < 4.78 is 5.71. The first-order valence-electron chi connectivity index (χ1n) is 7.65. The Balaban J connectivity index is 1.70. The van der Waals surface area contributed by atoms with E-state index >= 15 is 0 Å². The van der Waals surface area contributed by atoms with Crippen LogP contribution in [-0.4, -0.2) is 31.1 Å². The van der Waals surface area contributed by atoms with Gasteiger partial charge in [0, 0.05) is 11.9 Å². The van der Waals surface area contributed by atoms with E-state index in [1.54, 1.807) is 18.4 Å². The highest BCUT2D eigenvalue weighted by atomic mass is 32.1. The number of nitrogens with one attached hydrogen (secondary N) is 2. The molecule has 6 heteroatoms. The molecule has 0 radical (unpaired) electrons. The van der Waals surface area contributed by atoms with Crippen LogP contribution < -0.4 is 15.4 Å². The van der Waals surface area contributed by atoms with Crippen molar-refractivity contribution in [2.75, 3.05) is 20.2 Å². The van der Waals surface area contributed by atoms with Crippen molar-refractivity contribution in [2.24, 2.45) is 4.99 Å². The number of aliphatic imine (C=N–C) groups is 1. The molecule has 0 aliphatic heterocycles. The van der Waals surface area contributed by atoms with Gasteiger partial charge in [-0.05, 0) is 38.5 Å². The lowest BCUT2D eigenvalue weighted by atomic mass is 10.2. The Bertz CT molecular complexity index is 647. The summed E-state index contributed by atoms with van der Waals surface area (Å²) in [4.78, 5) is 9.98. The summed E-state index contributed by atoms with van der Waals surface area (Å²) in [6, 6.07) is 8.04. The standard InChI is InChI=1S/C17H24N4OS/c1-12-6-5-7-15(10-12)22-9-8-19-17(18-4)20-11-16-21-13(2)14(3)23-16/h5-7,10H,8-9,11H2,1-4H3,(H2,18,19,20). The number of aromatic nitrogens is 1. The molecule has 0 saturated heterocycles. The molecule has 1 aromatic heterocycles. The maximum absolute atomic E-state index is 5.71. The number of guanidine groups is 1. The Morgan fingerprint density at radius 2 is 2.09 bits per heavy atom. The van der Waals surface area contributed by atoms with Gasteiger partial charge in [-0.2, -0.15) is 0 Å². The SMILES string of the molecule is CN=C(NCCOc1cccc(C)c1)NCc1nc(C)c(C)s1. The number of ether oxygens (including phenoxy) is 1. The lowest BCUT2D eigenvalue weighted by molar-refractivity contribution is 0.321. The topological polar surface area (TPSA) is 58.5 Å². The Kier molecular flexibility index (Phi) is 6.40. The van der Waals surface area contributed by atoms with Crippen molar-refractivity contribution in [3.8, 4) is 5.75 Å². The Hall–Kier alpha value is -2.08. The van der Waals surface area contributed by atoms with Crippen molar-refractivity contribution >= 4 is 17.3 Å². The molecule has 0 amide bonds. The normalized spacial score (nSPS) is 11.4. The van der Waals surface area contributed by atoms with Gasteiger partial charge in [0.15, 0.2) is 5.96 Å². The van der Waals surface area contributed by atoms with Crippen LogP contribution in [0, 0.1) is 20.8 Å². The molecule has 5 nitrogen and oxygen atoms in total. The van der Waals surface area contributed by atoms with Crippen molar-refractivity contribution in [1.82, 2.24) is 15.6 Å². The highest BCUT2D eigenvalue weighted by Gasteiger charge is 2.04. The highest BCUT2D eigenvalue weighted by molar-refractivity contribution is 7.11. The van der Waals surface area contributed by atoms with Crippen molar-refractivity contribution in [1.29, 1.82) is 0 Å². The van der Waals surface area contributed by atoms with Gasteiger partial charge in [-0.25, -0.2) is 4.98 Å². The van der Waals surface area contributed by atoms with E-state index in [9.17, 15) is 0 Å². The summed E-state index contributed by atoms with van der Waals surface area (Å²) in [7, 11) is 1.76. The molecule has 0 bridgehead atoms. The number of rotatable bonds is 6. The molecule has 0 unspecified atom stereocenters. The first-order chi connectivity index (χ1) is 11.1. The third-order valence-electron chi connectivity index (χ3n) is 3.36. The maximum Gasteiger partial charge on any atom is 0.191 e. The lowest BCUT2D eigenvalue weighted by Gasteiger charge is -2.12. The molecule has 2 aromatic rings. The quantitative estimate of drug-likeness (QED) is 0.485. The van der Waals surface area contributed by atoms with Gasteiger partial charge >= 0.3 is 0 Å². The second-order valence-corrected chi connectivity index (χ2v) is 6.55. The van der Waals surface area contributed by atoms with Gasteiger partial charge in [-0.3, -0.25) is 4.99 Å². The molecule has 0 spiro atoms. The van der Waals surface area contributed by atoms with Crippen LogP contribution in [-0.2, 0) is 6.54 Å². The molecule has 2 N–H and O–H groups in total. The van der Waals surface area contributed by atoms with E-state index in [1.165, 1.54) is 10.4 Å². The fourth-order valence-corrected chi connectivity index (χ4v) is 2.91. The molecular formula is C17H24N4OS. The van der Waals surface area contributed by atoms with Crippen LogP contribution in [0.15, 0.2) is 29.3 Å². The molecular weight excluding hydrogens is 308 g/mol. The first-order valence-corrected chi connectivity index (χ1v) is 8.47. The van der Waals surface area contributed by atoms with Gasteiger partial charge < -0.3 is 15.4 Å². The molecule has 0 saturated carbocycles. The van der Waals surface area contributed by atoms with E-state index in [0.29, 0.717) is 19.7 Å². The first kappa shape index (κ1) is 17.3. The second kappa shape index (κ2) is 8.53. The van der Waals surface area contributed by atoms with E-state index in [2.05, 4.69) is 40.5 Å². The number of nitrogens with zero attached hydrogens (tertiary/aromatic N) is 2. The molecule has 0 atom stereocenters. The predicted molar refractivity (Wildman–Crippen MR) is 96.5 cm³/mol. The minimum absolute atomic E-state index is 0.583. The Morgan fingerprint density at radius 1 is 1.26 bits per heavy atom. The van der Waals surface area contributed by atoms with E-state index < -0.39 is 0 Å². The summed E-state index contributed by atoms with van der Waals surface area (Å²) in [6.45, 7) is 8.12. The van der Waals surface area contributed by atoms with Gasteiger partial charge in [0.25, 0.3) is 0 Å². The average molecular weight is 332 g/mol. The molecule has 1 heterocycles. The van der Waals surface area contributed by atoms with Crippen molar-refractivity contribution in [2.45, 2.75) is 27.3 Å². The lowest BCUT2D eigenvalue weighted by Crippen LogP contribution is -2.38. The average Bonchev–Trinajstić information content (AvgIpc) is 2.85. The number of thiazole rings is 1. The number of benzene rings is 1. The minimum atomic E-state index is 0.583. The maximum atomic E-state index is 5.71. The fourth-order valence-electron chi connectivity index (χ4n) is 2.04. The van der Waals surface area contributed by atoms with E-state index in [4.69, 9.17) is 4.74 Å². The van der Waals surface area contributed by atoms with E-state index in [0.717, 1.165) is 22.4 Å². The molecule has 0 aliphatic carbocycles. The summed E-state index contributed by atoms with van der Waals surface area (Å²) in [5.41, 5.74) is 2.29. The summed E-state index contributed by atoms with van der Waals surface area (Å²) in [5.74, 6) is 1.65. The summed E-state index contributed by atoms with van der Waals surface area (Å²) >= 11 is 1.71. The third kappa shape index (κ3) is 5.56. The highest BCUT2D eigenvalue weighted by Crippen LogP contribution is 2.15. The molecule has 0 aliphatic rings. The van der Waals surface area contributed by atoms with Crippen LogP contribution in [0.3, 0.4) is 0 Å². The van der Waals surface area contributed by atoms with Crippen molar-refractivity contribution in [3.05, 3.63) is 45.4 Å². The zero-order valence-corrected chi connectivity index (χ0v) is 15.0. The minimum Gasteiger partial charge on any atom is -0.492 e. The molecule has 0 fully saturated rings. The van der Waals surface area contributed by atoms with E-state index in [-0.39, 0.29) is 0 Å². The molecule has 2 rings (SSSR count). The van der Waals surface area contributed by atoms with Crippen LogP contribution in [0.2, 0.25) is 0 Å². The summed E-state index contributed by atoms with van der Waals surface area (Å²) in [5, 5.41) is 7.57.